The Hall–Kier alpha value is -2.91. The Morgan fingerprint density at radius 3 is 2.61 bits per heavy atom. The first-order valence-electron chi connectivity index (χ1n) is 10.4. The summed E-state index contributed by atoms with van der Waals surface area (Å²) in [7, 11) is -3.59. The van der Waals surface area contributed by atoms with E-state index in [1.165, 1.54) is 14.9 Å². The number of para-hydroxylation sites is 2. The van der Waals surface area contributed by atoms with E-state index in [1.807, 2.05) is 0 Å². The number of rotatable bonds is 6. The molecule has 31 heavy (non-hydrogen) atoms. The molecule has 1 amide bonds. The highest BCUT2D eigenvalue weighted by Gasteiger charge is 2.26. The molecule has 164 valence electrons. The number of fused-ring (bicyclic) bond motifs is 1. The molecule has 1 N–H and O–H groups in total. The largest absolute Gasteiger partial charge is 0.419 e. The summed E-state index contributed by atoms with van der Waals surface area (Å²) in [6.45, 7) is 3.00. The number of amides is 1. The minimum atomic E-state index is -3.59. The Bertz CT molecular complexity index is 1270. The van der Waals surface area contributed by atoms with Crippen LogP contribution < -0.4 is 11.1 Å². The van der Waals surface area contributed by atoms with E-state index in [0.717, 1.165) is 24.8 Å². The number of aromatic nitrogens is 1. The Morgan fingerprint density at radius 2 is 1.84 bits per heavy atom. The van der Waals surface area contributed by atoms with Crippen molar-refractivity contribution in [1.29, 1.82) is 0 Å². The van der Waals surface area contributed by atoms with Crippen molar-refractivity contribution >= 4 is 32.7 Å². The van der Waals surface area contributed by atoms with Crippen LogP contribution in [0.4, 0.5) is 5.69 Å². The second-order valence-corrected chi connectivity index (χ2v) is 9.66. The van der Waals surface area contributed by atoms with Crippen LogP contribution in [-0.2, 0) is 21.4 Å². The van der Waals surface area contributed by atoms with Gasteiger partial charge in [0.15, 0.2) is 5.58 Å². The lowest BCUT2D eigenvalue weighted by atomic mass is 10.2. The van der Waals surface area contributed by atoms with Gasteiger partial charge in [-0.2, -0.15) is 4.31 Å². The third kappa shape index (κ3) is 4.42. The number of hydrogen-bond acceptors (Lipinski definition) is 5. The Morgan fingerprint density at radius 1 is 1.10 bits per heavy atom. The quantitative estimate of drug-likeness (QED) is 0.631. The summed E-state index contributed by atoms with van der Waals surface area (Å²) in [5, 5.41) is 2.79. The van der Waals surface area contributed by atoms with Crippen LogP contribution in [0.3, 0.4) is 0 Å². The molecule has 3 aromatic rings. The van der Waals surface area contributed by atoms with Crippen LogP contribution in [0, 0.1) is 6.92 Å². The normalized spacial score (nSPS) is 15.3. The number of piperidine rings is 1. The Labute approximate surface area is 180 Å². The molecular weight excluding hydrogens is 418 g/mol. The van der Waals surface area contributed by atoms with E-state index in [0.29, 0.717) is 29.9 Å². The standard InChI is InChI=1S/C22H25N3O5S/c1-16-9-10-17(31(28,29)24-12-5-2-6-13-24)15-18(16)23-21(26)11-14-25-19-7-3-4-8-20(19)30-22(25)27/h3-4,7-10,15H,2,5-6,11-14H2,1H3,(H,23,26). The molecule has 1 aliphatic heterocycles. The van der Waals surface area contributed by atoms with Crippen molar-refractivity contribution in [3.63, 3.8) is 0 Å². The number of hydrogen-bond donors (Lipinski definition) is 1. The Kier molecular flexibility index (Phi) is 5.97. The molecular formula is C22H25N3O5S. The number of aryl methyl sites for hydroxylation is 2. The summed E-state index contributed by atoms with van der Waals surface area (Å²) in [5.41, 5.74) is 2.31. The van der Waals surface area contributed by atoms with Crippen molar-refractivity contribution < 1.29 is 17.6 Å². The number of oxazole rings is 1. The number of benzene rings is 2. The third-order valence-corrected chi connectivity index (χ3v) is 7.47. The fourth-order valence-corrected chi connectivity index (χ4v) is 5.35. The van der Waals surface area contributed by atoms with Crippen molar-refractivity contribution in [1.82, 2.24) is 8.87 Å². The van der Waals surface area contributed by atoms with Gasteiger partial charge in [-0.05, 0) is 49.6 Å². The number of anilines is 1. The van der Waals surface area contributed by atoms with E-state index in [-0.39, 0.29) is 23.8 Å². The summed E-state index contributed by atoms with van der Waals surface area (Å²) in [6, 6.07) is 11.8. The molecule has 9 heteroatoms. The lowest BCUT2D eigenvalue weighted by Crippen LogP contribution is -2.35. The molecule has 0 saturated carbocycles. The van der Waals surface area contributed by atoms with Crippen molar-refractivity contribution in [2.45, 2.75) is 44.0 Å². The molecule has 4 rings (SSSR count). The number of nitrogens with zero attached hydrogens (tertiary/aromatic N) is 2. The van der Waals surface area contributed by atoms with Gasteiger partial charge in [-0.1, -0.05) is 24.6 Å². The van der Waals surface area contributed by atoms with E-state index < -0.39 is 15.8 Å². The van der Waals surface area contributed by atoms with Gasteiger partial charge in [0.25, 0.3) is 0 Å². The molecule has 8 nitrogen and oxygen atoms in total. The van der Waals surface area contributed by atoms with E-state index in [9.17, 15) is 18.0 Å². The maximum Gasteiger partial charge on any atom is 0.419 e. The maximum atomic E-state index is 12.9. The molecule has 2 heterocycles. The Balaban J connectivity index is 1.48. The minimum Gasteiger partial charge on any atom is -0.408 e. The van der Waals surface area contributed by atoms with E-state index in [4.69, 9.17) is 4.42 Å². The zero-order chi connectivity index (χ0) is 22.0. The number of carbonyl (C=O) groups is 1. The smallest absolute Gasteiger partial charge is 0.408 e. The SMILES string of the molecule is Cc1ccc(S(=O)(=O)N2CCCCC2)cc1NC(=O)CCn1c(=O)oc2ccccc21. The molecule has 0 bridgehead atoms. The summed E-state index contributed by atoms with van der Waals surface area (Å²) in [6.07, 6.45) is 2.80. The van der Waals surface area contributed by atoms with Gasteiger partial charge in [0.2, 0.25) is 15.9 Å². The average Bonchev–Trinajstić information content (AvgIpc) is 3.09. The topological polar surface area (TPSA) is 102 Å². The summed E-state index contributed by atoms with van der Waals surface area (Å²) >= 11 is 0. The van der Waals surface area contributed by atoms with Crippen molar-refractivity contribution in [3.05, 3.63) is 58.6 Å². The van der Waals surface area contributed by atoms with Crippen molar-refractivity contribution in [3.8, 4) is 0 Å². The van der Waals surface area contributed by atoms with Gasteiger partial charge in [-0.3, -0.25) is 9.36 Å². The maximum absolute atomic E-state index is 12.9. The molecule has 0 aliphatic carbocycles. The first-order valence-corrected chi connectivity index (χ1v) is 11.8. The molecule has 0 radical (unpaired) electrons. The highest BCUT2D eigenvalue weighted by Crippen LogP contribution is 2.25. The number of nitrogens with one attached hydrogen (secondary N) is 1. The fraction of sp³-hybridized carbons (Fsp3) is 0.364. The van der Waals surface area contributed by atoms with Crippen LogP contribution in [0.25, 0.3) is 11.1 Å². The first kappa shape index (κ1) is 21.3. The molecule has 0 spiro atoms. The van der Waals surface area contributed by atoms with E-state index in [2.05, 4.69) is 5.32 Å². The predicted octanol–water partition coefficient (Wildman–Crippen LogP) is 3.11. The monoisotopic (exact) mass is 443 g/mol. The molecule has 1 aliphatic rings. The van der Waals surface area contributed by atoms with Crippen LogP contribution >= 0.6 is 0 Å². The third-order valence-electron chi connectivity index (χ3n) is 5.57. The second kappa shape index (κ2) is 8.68. The molecule has 1 aromatic heterocycles. The minimum absolute atomic E-state index is 0.0476. The molecule has 0 unspecified atom stereocenters. The van der Waals surface area contributed by atoms with Gasteiger partial charge < -0.3 is 9.73 Å². The molecule has 1 saturated heterocycles. The lowest BCUT2D eigenvalue weighted by molar-refractivity contribution is -0.116. The summed E-state index contributed by atoms with van der Waals surface area (Å²) in [5.74, 6) is -0.826. The zero-order valence-corrected chi connectivity index (χ0v) is 18.2. The molecule has 1 fully saturated rings. The highest BCUT2D eigenvalue weighted by molar-refractivity contribution is 7.89. The second-order valence-electron chi connectivity index (χ2n) is 7.73. The van der Waals surface area contributed by atoms with Crippen LogP contribution in [0.5, 0.6) is 0 Å². The van der Waals surface area contributed by atoms with Gasteiger partial charge in [0.05, 0.1) is 10.4 Å². The van der Waals surface area contributed by atoms with E-state index in [1.54, 1.807) is 43.3 Å². The van der Waals surface area contributed by atoms with Gasteiger partial charge in [0, 0.05) is 31.7 Å². The number of carbonyl (C=O) groups excluding carboxylic acids is 1. The van der Waals surface area contributed by atoms with Crippen LogP contribution in [0.15, 0.2) is 56.6 Å². The fourth-order valence-electron chi connectivity index (χ4n) is 3.80. The summed E-state index contributed by atoms with van der Waals surface area (Å²) in [4.78, 5) is 24.8. The number of sulfonamides is 1. The van der Waals surface area contributed by atoms with Crippen molar-refractivity contribution in [2.75, 3.05) is 18.4 Å². The average molecular weight is 444 g/mol. The molecule has 2 aromatic carbocycles. The lowest BCUT2D eigenvalue weighted by Gasteiger charge is -2.26. The highest BCUT2D eigenvalue weighted by atomic mass is 32.2. The van der Waals surface area contributed by atoms with Gasteiger partial charge in [0.1, 0.15) is 0 Å². The summed E-state index contributed by atoms with van der Waals surface area (Å²) < 4.78 is 34.0. The molecule has 0 atom stereocenters. The van der Waals surface area contributed by atoms with Crippen LogP contribution in [0.2, 0.25) is 0 Å². The van der Waals surface area contributed by atoms with Crippen LogP contribution in [0.1, 0.15) is 31.2 Å². The van der Waals surface area contributed by atoms with E-state index >= 15 is 0 Å². The van der Waals surface area contributed by atoms with Crippen molar-refractivity contribution in [2.24, 2.45) is 0 Å². The first-order chi connectivity index (χ1) is 14.9. The van der Waals surface area contributed by atoms with Gasteiger partial charge in [-0.15, -0.1) is 0 Å². The predicted molar refractivity (Wildman–Crippen MR) is 118 cm³/mol. The van der Waals surface area contributed by atoms with Gasteiger partial charge in [-0.25, -0.2) is 13.2 Å². The van der Waals surface area contributed by atoms with Crippen LogP contribution in [-0.4, -0.2) is 36.3 Å². The van der Waals surface area contributed by atoms with Gasteiger partial charge >= 0.3 is 5.76 Å². The zero-order valence-electron chi connectivity index (χ0n) is 17.3.